The standard InChI is InChI=1S/C12H17NO/c1-12(2,13-9-6-10-14)11-7-4-3-5-8-11/h3-5,7-8,10,13H,6,9H2,1-2H3. The SMILES string of the molecule is CC(C)(NCCC=O)c1ccccc1. The van der Waals surface area contributed by atoms with Gasteiger partial charge in [0.25, 0.3) is 0 Å². The number of carbonyl (C=O) groups excluding carboxylic acids is 1. The van der Waals surface area contributed by atoms with Gasteiger partial charge in [-0.05, 0) is 19.4 Å². The zero-order valence-corrected chi connectivity index (χ0v) is 8.79. The van der Waals surface area contributed by atoms with Gasteiger partial charge in [0, 0.05) is 18.5 Å². The molecule has 14 heavy (non-hydrogen) atoms. The Labute approximate surface area is 85.3 Å². The van der Waals surface area contributed by atoms with Crippen LogP contribution in [0.4, 0.5) is 0 Å². The predicted molar refractivity (Wildman–Crippen MR) is 58.2 cm³/mol. The Bertz CT molecular complexity index is 280. The average Bonchev–Trinajstić information content (AvgIpc) is 2.19. The van der Waals surface area contributed by atoms with Gasteiger partial charge in [0.2, 0.25) is 0 Å². The molecule has 0 saturated heterocycles. The van der Waals surface area contributed by atoms with Gasteiger partial charge in [-0.1, -0.05) is 30.3 Å². The van der Waals surface area contributed by atoms with Gasteiger partial charge >= 0.3 is 0 Å². The number of benzene rings is 1. The zero-order chi connectivity index (χ0) is 10.4. The summed E-state index contributed by atoms with van der Waals surface area (Å²) in [7, 11) is 0. The van der Waals surface area contributed by atoms with Gasteiger partial charge in [-0.25, -0.2) is 0 Å². The van der Waals surface area contributed by atoms with E-state index >= 15 is 0 Å². The lowest BCUT2D eigenvalue weighted by Gasteiger charge is -2.26. The number of nitrogens with one attached hydrogen (secondary N) is 1. The Hall–Kier alpha value is -1.15. The molecule has 1 rings (SSSR count). The Morgan fingerprint density at radius 3 is 2.50 bits per heavy atom. The number of aldehydes is 1. The van der Waals surface area contributed by atoms with E-state index in [1.54, 1.807) is 0 Å². The van der Waals surface area contributed by atoms with Crippen LogP contribution in [0.1, 0.15) is 25.8 Å². The van der Waals surface area contributed by atoms with Gasteiger partial charge in [-0.15, -0.1) is 0 Å². The molecule has 0 saturated carbocycles. The normalized spacial score (nSPS) is 11.3. The summed E-state index contributed by atoms with van der Waals surface area (Å²) in [6.45, 7) is 4.96. The summed E-state index contributed by atoms with van der Waals surface area (Å²) in [5.41, 5.74) is 1.18. The van der Waals surface area contributed by atoms with Crippen LogP contribution in [-0.2, 0) is 10.3 Å². The Morgan fingerprint density at radius 1 is 1.29 bits per heavy atom. The summed E-state index contributed by atoms with van der Waals surface area (Å²) in [6.07, 6.45) is 1.50. The summed E-state index contributed by atoms with van der Waals surface area (Å²) < 4.78 is 0. The van der Waals surface area contributed by atoms with E-state index in [9.17, 15) is 4.79 Å². The van der Waals surface area contributed by atoms with Crippen molar-refractivity contribution < 1.29 is 4.79 Å². The second kappa shape index (κ2) is 4.91. The molecular formula is C12H17NO. The Morgan fingerprint density at radius 2 is 1.93 bits per heavy atom. The van der Waals surface area contributed by atoms with Crippen molar-refractivity contribution in [3.63, 3.8) is 0 Å². The number of carbonyl (C=O) groups is 1. The summed E-state index contributed by atoms with van der Waals surface area (Å²) in [5, 5.41) is 3.34. The largest absolute Gasteiger partial charge is 0.307 e. The molecule has 0 amide bonds. The fourth-order valence-electron chi connectivity index (χ4n) is 1.40. The van der Waals surface area contributed by atoms with E-state index in [1.807, 2.05) is 18.2 Å². The molecule has 0 aliphatic carbocycles. The third-order valence-electron chi connectivity index (χ3n) is 2.32. The van der Waals surface area contributed by atoms with Crippen molar-refractivity contribution in [2.24, 2.45) is 0 Å². The Kier molecular flexibility index (Phi) is 3.84. The monoisotopic (exact) mass is 191 g/mol. The third-order valence-corrected chi connectivity index (χ3v) is 2.32. The van der Waals surface area contributed by atoms with Crippen LogP contribution < -0.4 is 5.32 Å². The van der Waals surface area contributed by atoms with Gasteiger partial charge in [-0.2, -0.15) is 0 Å². The molecule has 0 atom stereocenters. The highest BCUT2D eigenvalue weighted by Gasteiger charge is 2.18. The number of rotatable bonds is 5. The molecule has 0 aliphatic heterocycles. The average molecular weight is 191 g/mol. The van der Waals surface area contributed by atoms with E-state index in [2.05, 4.69) is 31.3 Å². The molecule has 0 unspecified atom stereocenters. The summed E-state index contributed by atoms with van der Waals surface area (Å²) in [4.78, 5) is 10.2. The lowest BCUT2D eigenvalue weighted by Crippen LogP contribution is -2.37. The van der Waals surface area contributed by atoms with Gasteiger partial charge in [0.05, 0.1) is 0 Å². The highest BCUT2D eigenvalue weighted by atomic mass is 16.1. The molecule has 2 nitrogen and oxygen atoms in total. The van der Waals surface area contributed by atoms with E-state index in [0.29, 0.717) is 6.42 Å². The smallest absolute Gasteiger partial charge is 0.121 e. The van der Waals surface area contributed by atoms with E-state index < -0.39 is 0 Å². The first-order valence-electron chi connectivity index (χ1n) is 4.91. The van der Waals surface area contributed by atoms with Crippen LogP contribution in [0.2, 0.25) is 0 Å². The van der Waals surface area contributed by atoms with Crippen molar-refractivity contribution in [3.05, 3.63) is 35.9 Å². The lowest BCUT2D eigenvalue weighted by atomic mass is 9.94. The molecular weight excluding hydrogens is 174 g/mol. The van der Waals surface area contributed by atoms with E-state index in [4.69, 9.17) is 0 Å². The van der Waals surface area contributed by atoms with Gasteiger partial charge in [0.15, 0.2) is 0 Å². The maximum absolute atomic E-state index is 10.2. The predicted octanol–water partition coefficient (Wildman–Crippen LogP) is 2.10. The second-order valence-corrected chi connectivity index (χ2v) is 3.87. The lowest BCUT2D eigenvalue weighted by molar-refractivity contribution is -0.107. The van der Waals surface area contributed by atoms with Crippen molar-refractivity contribution in [2.45, 2.75) is 25.8 Å². The van der Waals surface area contributed by atoms with Crippen LogP contribution in [0, 0.1) is 0 Å². The van der Waals surface area contributed by atoms with Crippen LogP contribution in [0.3, 0.4) is 0 Å². The van der Waals surface area contributed by atoms with E-state index in [0.717, 1.165) is 12.8 Å². The van der Waals surface area contributed by atoms with Gasteiger partial charge in [0.1, 0.15) is 6.29 Å². The molecule has 0 heterocycles. The summed E-state index contributed by atoms with van der Waals surface area (Å²) in [5.74, 6) is 0. The molecule has 0 bridgehead atoms. The van der Waals surface area contributed by atoms with Crippen molar-refractivity contribution in [3.8, 4) is 0 Å². The minimum atomic E-state index is -0.0652. The second-order valence-electron chi connectivity index (χ2n) is 3.87. The molecule has 2 heteroatoms. The molecule has 1 N–H and O–H groups in total. The van der Waals surface area contributed by atoms with Crippen LogP contribution in [0.5, 0.6) is 0 Å². The zero-order valence-electron chi connectivity index (χ0n) is 8.79. The molecule has 0 fully saturated rings. The van der Waals surface area contributed by atoms with Gasteiger partial charge in [-0.3, -0.25) is 0 Å². The fraction of sp³-hybridized carbons (Fsp3) is 0.417. The summed E-state index contributed by atoms with van der Waals surface area (Å²) >= 11 is 0. The van der Waals surface area contributed by atoms with Crippen LogP contribution >= 0.6 is 0 Å². The number of hydrogen-bond donors (Lipinski definition) is 1. The van der Waals surface area contributed by atoms with Crippen molar-refractivity contribution in [1.29, 1.82) is 0 Å². The van der Waals surface area contributed by atoms with Crippen LogP contribution in [-0.4, -0.2) is 12.8 Å². The summed E-state index contributed by atoms with van der Waals surface area (Å²) in [6, 6.07) is 10.2. The van der Waals surface area contributed by atoms with Crippen LogP contribution in [0.15, 0.2) is 30.3 Å². The molecule has 0 aliphatic rings. The molecule has 0 spiro atoms. The topological polar surface area (TPSA) is 29.1 Å². The first kappa shape index (κ1) is 10.9. The Balaban J connectivity index is 2.61. The molecule has 0 aromatic heterocycles. The number of hydrogen-bond acceptors (Lipinski definition) is 2. The highest BCUT2D eigenvalue weighted by Crippen LogP contribution is 2.18. The first-order chi connectivity index (χ1) is 6.67. The van der Waals surface area contributed by atoms with Crippen molar-refractivity contribution in [1.82, 2.24) is 5.32 Å². The van der Waals surface area contributed by atoms with Gasteiger partial charge < -0.3 is 10.1 Å². The molecule has 0 radical (unpaired) electrons. The fourth-order valence-corrected chi connectivity index (χ4v) is 1.40. The van der Waals surface area contributed by atoms with Crippen molar-refractivity contribution >= 4 is 6.29 Å². The third kappa shape index (κ3) is 2.96. The van der Waals surface area contributed by atoms with E-state index in [-0.39, 0.29) is 5.54 Å². The maximum Gasteiger partial charge on any atom is 0.121 e. The maximum atomic E-state index is 10.2. The first-order valence-corrected chi connectivity index (χ1v) is 4.91. The van der Waals surface area contributed by atoms with E-state index in [1.165, 1.54) is 5.56 Å². The molecule has 76 valence electrons. The van der Waals surface area contributed by atoms with Crippen LogP contribution in [0.25, 0.3) is 0 Å². The highest BCUT2D eigenvalue weighted by molar-refractivity contribution is 5.49. The minimum Gasteiger partial charge on any atom is -0.307 e. The quantitative estimate of drug-likeness (QED) is 0.570. The molecule has 1 aromatic rings. The minimum absolute atomic E-state index is 0.0652. The van der Waals surface area contributed by atoms with Crippen molar-refractivity contribution in [2.75, 3.05) is 6.54 Å². The molecule has 1 aromatic carbocycles.